The van der Waals surface area contributed by atoms with E-state index in [0.29, 0.717) is 11.5 Å². The summed E-state index contributed by atoms with van der Waals surface area (Å²) in [5.74, 6) is -0.304. The van der Waals surface area contributed by atoms with E-state index < -0.39 is 5.97 Å². The zero-order valence-corrected chi connectivity index (χ0v) is 11.5. The van der Waals surface area contributed by atoms with Gasteiger partial charge in [-0.3, -0.25) is 4.40 Å². The standard InChI is InChI=1S/C15H9N3O2S/c19-15(20)10-5-6-13-16-17-14(18(13)8-10)12-7-9-3-1-2-4-11(9)21-12/h1-8H,(H,19,20). The van der Waals surface area contributed by atoms with Crippen LogP contribution in [0.2, 0.25) is 0 Å². The Morgan fingerprint density at radius 3 is 2.81 bits per heavy atom. The molecule has 0 bridgehead atoms. The lowest BCUT2D eigenvalue weighted by atomic mass is 10.2. The predicted molar refractivity (Wildman–Crippen MR) is 80.8 cm³/mol. The van der Waals surface area contributed by atoms with Gasteiger partial charge in [0, 0.05) is 10.9 Å². The maximum absolute atomic E-state index is 11.1. The Kier molecular flexibility index (Phi) is 2.52. The third kappa shape index (κ3) is 1.88. The molecule has 0 aliphatic heterocycles. The minimum Gasteiger partial charge on any atom is -0.478 e. The van der Waals surface area contributed by atoms with Gasteiger partial charge >= 0.3 is 5.97 Å². The van der Waals surface area contributed by atoms with Crippen molar-refractivity contribution < 1.29 is 9.90 Å². The van der Waals surface area contributed by atoms with E-state index in [9.17, 15) is 4.79 Å². The van der Waals surface area contributed by atoms with Crippen molar-refractivity contribution in [2.45, 2.75) is 0 Å². The number of pyridine rings is 1. The number of fused-ring (bicyclic) bond motifs is 2. The minimum atomic E-state index is -0.965. The Labute approximate surface area is 123 Å². The van der Waals surface area contributed by atoms with E-state index in [0.717, 1.165) is 10.3 Å². The van der Waals surface area contributed by atoms with Crippen LogP contribution >= 0.6 is 11.3 Å². The number of carbonyl (C=O) groups is 1. The predicted octanol–water partition coefficient (Wildman–Crippen LogP) is 3.31. The molecule has 0 fully saturated rings. The Morgan fingerprint density at radius 1 is 1.14 bits per heavy atom. The van der Waals surface area contributed by atoms with Gasteiger partial charge in [-0.05, 0) is 29.7 Å². The van der Waals surface area contributed by atoms with Gasteiger partial charge in [-0.1, -0.05) is 18.2 Å². The minimum absolute atomic E-state index is 0.213. The second-order valence-corrected chi connectivity index (χ2v) is 5.71. The number of aromatic nitrogens is 3. The zero-order chi connectivity index (χ0) is 14.4. The van der Waals surface area contributed by atoms with Crippen molar-refractivity contribution >= 4 is 33.0 Å². The highest BCUT2D eigenvalue weighted by atomic mass is 32.1. The van der Waals surface area contributed by atoms with Gasteiger partial charge in [0.1, 0.15) is 0 Å². The third-order valence-electron chi connectivity index (χ3n) is 3.30. The van der Waals surface area contributed by atoms with Crippen molar-refractivity contribution in [2.75, 3.05) is 0 Å². The average Bonchev–Trinajstić information content (AvgIpc) is 3.09. The molecule has 1 aromatic carbocycles. The van der Waals surface area contributed by atoms with E-state index in [1.165, 1.54) is 10.8 Å². The number of nitrogens with zero attached hydrogens (tertiary/aromatic N) is 3. The zero-order valence-electron chi connectivity index (χ0n) is 10.7. The van der Waals surface area contributed by atoms with Crippen LogP contribution < -0.4 is 0 Å². The number of hydrogen-bond acceptors (Lipinski definition) is 4. The maximum atomic E-state index is 11.1. The van der Waals surface area contributed by atoms with Gasteiger partial charge in [-0.15, -0.1) is 21.5 Å². The van der Waals surface area contributed by atoms with Crippen LogP contribution in [0.15, 0.2) is 48.7 Å². The third-order valence-corrected chi connectivity index (χ3v) is 4.41. The molecule has 5 nitrogen and oxygen atoms in total. The molecule has 6 heteroatoms. The molecule has 0 amide bonds. The lowest BCUT2D eigenvalue weighted by Gasteiger charge is -1.98. The molecule has 0 radical (unpaired) electrons. The molecule has 0 aliphatic rings. The summed E-state index contributed by atoms with van der Waals surface area (Å²) in [6, 6.07) is 13.3. The van der Waals surface area contributed by atoms with E-state index in [2.05, 4.69) is 16.3 Å². The van der Waals surface area contributed by atoms with Crippen molar-refractivity contribution in [1.82, 2.24) is 14.6 Å². The summed E-state index contributed by atoms with van der Waals surface area (Å²) in [7, 11) is 0. The van der Waals surface area contributed by atoms with Crippen LogP contribution in [0.5, 0.6) is 0 Å². The van der Waals surface area contributed by atoms with Gasteiger partial charge in [-0.2, -0.15) is 0 Å². The first-order chi connectivity index (χ1) is 10.2. The van der Waals surface area contributed by atoms with Crippen molar-refractivity contribution in [3.05, 3.63) is 54.2 Å². The van der Waals surface area contributed by atoms with Crippen LogP contribution in [-0.2, 0) is 0 Å². The molecule has 0 aliphatic carbocycles. The highest BCUT2D eigenvalue weighted by molar-refractivity contribution is 7.22. The van der Waals surface area contributed by atoms with Gasteiger partial charge in [0.25, 0.3) is 0 Å². The van der Waals surface area contributed by atoms with E-state index in [4.69, 9.17) is 5.11 Å². The molecule has 1 N–H and O–H groups in total. The molecule has 0 atom stereocenters. The number of carboxylic acids is 1. The van der Waals surface area contributed by atoms with E-state index >= 15 is 0 Å². The van der Waals surface area contributed by atoms with Crippen molar-refractivity contribution in [2.24, 2.45) is 0 Å². The number of hydrogen-bond donors (Lipinski definition) is 1. The normalized spacial score (nSPS) is 11.2. The van der Waals surface area contributed by atoms with E-state index in [-0.39, 0.29) is 5.56 Å². The lowest BCUT2D eigenvalue weighted by molar-refractivity contribution is 0.0696. The Hall–Kier alpha value is -2.73. The smallest absolute Gasteiger partial charge is 0.337 e. The largest absolute Gasteiger partial charge is 0.478 e. The van der Waals surface area contributed by atoms with Gasteiger partial charge in [0.05, 0.1) is 10.4 Å². The van der Waals surface area contributed by atoms with Crippen molar-refractivity contribution in [1.29, 1.82) is 0 Å². The topological polar surface area (TPSA) is 67.5 Å². The quantitative estimate of drug-likeness (QED) is 0.616. The molecule has 3 heterocycles. The Morgan fingerprint density at radius 2 is 2.00 bits per heavy atom. The monoisotopic (exact) mass is 295 g/mol. The Bertz CT molecular complexity index is 954. The summed E-state index contributed by atoms with van der Waals surface area (Å²) in [5, 5.41) is 18.5. The van der Waals surface area contributed by atoms with Crippen LogP contribution in [0.3, 0.4) is 0 Å². The molecular weight excluding hydrogens is 286 g/mol. The molecule has 102 valence electrons. The molecule has 4 aromatic rings. The van der Waals surface area contributed by atoms with Crippen LogP contribution in [-0.4, -0.2) is 25.7 Å². The number of aromatic carboxylic acids is 1. The summed E-state index contributed by atoms with van der Waals surface area (Å²) < 4.78 is 2.88. The van der Waals surface area contributed by atoms with E-state index in [1.807, 2.05) is 24.3 Å². The molecular formula is C15H9N3O2S. The SMILES string of the molecule is O=C(O)c1ccc2nnc(-c3cc4ccccc4s3)n2c1. The molecule has 0 spiro atoms. The second kappa shape index (κ2) is 4.39. The van der Waals surface area contributed by atoms with Crippen LogP contribution in [0.1, 0.15) is 10.4 Å². The fourth-order valence-electron chi connectivity index (χ4n) is 2.28. The van der Waals surface area contributed by atoms with Crippen LogP contribution in [0.25, 0.3) is 26.4 Å². The molecule has 21 heavy (non-hydrogen) atoms. The first kappa shape index (κ1) is 12.0. The van der Waals surface area contributed by atoms with Gasteiger partial charge in [0.2, 0.25) is 0 Å². The van der Waals surface area contributed by atoms with Crippen LogP contribution in [0.4, 0.5) is 0 Å². The van der Waals surface area contributed by atoms with E-state index in [1.54, 1.807) is 28.0 Å². The van der Waals surface area contributed by atoms with Crippen molar-refractivity contribution in [3.63, 3.8) is 0 Å². The highest BCUT2D eigenvalue weighted by Crippen LogP contribution is 2.32. The molecule has 0 saturated carbocycles. The second-order valence-electron chi connectivity index (χ2n) is 4.62. The first-order valence-corrected chi connectivity index (χ1v) is 7.11. The first-order valence-electron chi connectivity index (χ1n) is 6.29. The molecule has 3 aromatic heterocycles. The fourth-order valence-corrected chi connectivity index (χ4v) is 3.32. The van der Waals surface area contributed by atoms with Crippen LogP contribution in [0, 0.1) is 0 Å². The summed E-state index contributed by atoms with van der Waals surface area (Å²) >= 11 is 1.61. The number of carboxylic acid groups (broad SMARTS) is 1. The number of thiophene rings is 1. The van der Waals surface area contributed by atoms with Gasteiger partial charge < -0.3 is 5.11 Å². The number of rotatable bonds is 2. The fraction of sp³-hybridized carbons (Fsp3) is 0. The van der Waals surface area contributed by atoms with Crippen molar-refractivity contribution in [3.8, 4) is 10.7 Å². The number of benzene rings is 1. The molecule has 4 rings (SSSR count). The Balaban J connectivity index is 1.96. The summed E-state index contributed by atoms with van der Waals surface area (Å²) in [6.45, 7) is 0. The molecule has 0 unspecified atom stereocenters. The summed E-state index contributed by atoms with van der Waals surface area (Å²) in [4.78, 5) is 12.1. The maximum Gasteiger partial charge on any atom is 0.337 e. The van der Waals surface area contributed by atoms with Gasteiger partial charge in [-0.25, -0.2) is 4.79 Å². The lowest BCUT2D eigenvalue weighted by Crippen LogP contribution is -1.99. The van der Waals surface area contributed by atoms with Gasteiger partial charge in [0.15, 0.2) is 11.5 Å². The average molecular weight is 295 g/mol. The summed E-state index contributed by atoms with van der Waals surface area (Å²) in [5.41, 5.74) is 0.845. The summed E-state index contributed by atoms with van der Waals surface area (Å²) in [6.07, 6.45) is 1.55. The highest BCUT2D eigenvalue weighted by Gasteiger charge is 2.13. The molecule has 0 saturated heterocycles.